The zero-order valence-electron chi connectivity index (χ0n) is 27.3. The lowest BCUT2D eigenvalue weighted by Crippen LogP contribution is -2.51. The molecule has 1 aromatic carbocycles. The molecule has 4 heterocycles. The molecule has 4 aromatic heterocycles. The maximum Gasteiger partial charge on any atom is 0.0889 e. The minimum atomic E-state index is 0.316. The smallest absolute Gasteiger partial charge is 0.0889 e. The Labute approximate surface area is 272 Å². The molecule has 6 aliphatic carbocycles. The molecule has 1 unspecified atom stereocenters. The molecule has 4 heteroatoms. The predicted octanol–water partition coefficient (Wildman–Crippen LogP) is 9.54. The maximum absolute atomic E-state index is 4.90. The Bertz CT molecular complexity index is 1790. The van der Waals surface area contributed by atoms with Gasteiger partial charge in [-0.05, 0) is 142 Å². The minimum absolute atomic E-state index is 0.316. The van der Waals surface area contributed by atoms with Crippen LogP contribution in [-0.2, 0) is 12.8 Å². The molecule has 2 fully saturated rings. The van der Waals surface area contributed by atoms with Gasteiger partial charge in [-0.1, -0.05) is 64.1 Å². The standard InChI is InChI=1S/C42H42N4/c1-41(2)33-21-35(41)31-23-45-39(37-9-5-7-15-43-37)19-27(31)29(33)17-25-11-13-26(14-12-25)18-30-28-20-40(38-10-6-8-16-44-38)46-24-32(28)36-22-34(30)42(36,3)4/h5-16,19-20,23-24,29-30,33-36H,17-18,21-22H2,1-4H3/t29-,30?,33-,34+,35+,36-/m0/s1. The molecular weight excluding hydrogens is 560 g/mol. The SMILES string of the molecule is CC1(C)[C@@H]2C[C@H]1c1cnc(-c3ccccn3)cc1C2Cc1ccc(C[C@H]2c3cc(-c4ccccn4)ncc3[C@H]3C[C@@H]2C3(C)C)cc1. The molecule has 46 heavy (non-hydrogen) atoms. The van der Waals surface area contributed by atoms with Gasteiger partial charge in [0.15, 0.2) is 0 Å². The van der Waals surface area contributed by atoms with Gasteiger partial charge in [0.1, 0.15) is 0 Å². The highest BCUT2D eigenvalue weighted by Gasteiger charge is 2.58. The highest BCUT2D eigenvalue weighted by molar-refractivity contribution is 5.59. The summed E-state index contributed by atoms with van der Waals surface area (Å²) in [4.78, 5) is 19.0. The van der Waals surface area contributed by atoms with Crippen molar-refractivity contribution in [2.24, 2.45) is 22.7 Å². The van der Waals surface area contributed by atoms with E-state index in [2.05, 4.69) is 111 Å². The topological polar surface area (TPSA) is 51.6 Å². The lowest BCUT2D eigenvalue weighted by atomic mass is 9.43. The third-order valence-electron chi connectivity index (χ3n) is 12.9. The molecular formula is C42H42N4. The van der Waals surface area contributed by atoms with E-state index in [4.69, 9.17) is 9.97 Å². The predicted molar refractivity (Wildman–Crippen MR) is 184 cm³/mol. The van der Waals surface area contributed by atoms with Crippen molar-refractivity contribution in [3.63, 3.8) is 0 Å². The van der Waals surface area contributed by atoms with Gasteiger partial charge in [-0.15, -0.1) is 0 Å². The van der Waals surface area contributed by atoms with Gasteiger partial charge >= 0.3 is 0 Å². The first-order valence-corrected chi connectivity index (χ1v) is 17.2. The Kier molecular flexibility index (Phi) is 6.20. The second-order valence-electron chi connectivity index (χ2n) is 15.7. The molecule has 6 aliphatic rings. The highest BCUT2D eigenvalue weighted by atomic mass is 14.8. The first kappa shape index (κ1) is 28.1. The first-order valence-electron chi connectivity index (χ1n) is 17.2. The number of hydrogen-bond acceptors (Lipinski definition) is 4. The molecule has 0 amide bonds. The van der Waals surface area contributed by atoms with E-state index in [0.717, 1.165) is 35.6 Å². The van der Waals surface area contributed by atoms with Gasteiger partial charge in [-0.2, -0.15) is 0 Å². The van der Waals surface area contributed by atoms with E-state index in [1.807, 2.05) is 24.5 Å². The zero-order chi connectivity index (χ0) is 31.2. The van der Waals surface area contributed by atoms with Crippen LogP contribution in [0.4, 0.5) is 0 Å². The maximum atomic E-state index is 4.90. The molecule has 0 radical (unpaired) electrons. The second kappa shape index (κ2) is 10.2. The van der Waals surface area contributed by atoms with Gasteiger partial charge in [0, 0.05) is 24.8 Å². The molecule has 4 nitrogen and oxygen atoms in total. The summed E-state index contributed by atoms with van der Waals surface area (Å²) in [5, 5.41) is 0. The van der Waals surface area contributed by atoms with Crippen LogP contribution in [-0.4, -0.2) is 19.9 Å². The Hall–Kier alpha value is -4.18. The van der Waals surface area contributed by atoms with Gasteiger partial charge < -0.3 is 0 Å². The lowest BCUT2D eigenvalue weighted by molar-refractivity contribution is -0.00603. The van der Waals surface area contributed by atoms with Gasteiger partial charge in [-0.25, -0.2) is 0 Å². The summed E-state index contributed by atoms with van der Waals surface area (Å²) in [5.74, 6) is 3.61. The van der Waals surface area contributed by atoms with Crippen LogP contribution in [0.5, 0.6) is 0 Å². The summed E-state index contributed by atoms with van der Waals surface area (Å²) in [6, 6.07) is 26.6. The van der Waals surface area contributed by atoms with Crippen LogP contribution in [0.2, 0.25) is 0 Å². The summed E-state index contributed by atoms with van der Waals surface area (Å²) >= 11 is 0. The van der Waals surface area contributed by atoms with Crippen molar-refractivity contribution < 1.29 is 0 Å². The van der Waals surface area contributed by atoms with Crippen molar-refractivity contribution in [3.8, 4) is 22.8 Å². The molecule has 4 bridgehead atoms. The van der Waals surface area contributed by atoms with Crippen molar-refractivity contribution in [3.05, 3.63) is 131 Å². The zero-order valence-corrected chi connectivity index (χ0v) is 27.3. The van der Waals surface area contributed by atoms with E-state index < -0.39 is 0 Å². The van der Waals surface area contributed by atoms with Crippen molar-refractivity contribution in [2.45, 2.75) is 77.0 Å². The fourth-order valence-electron chi connectivity index (χ4n) is 10.1. The van der Waals surface area contributed by atoms with Crippen molar-refractivity contribution in [2.75, 3.05) is 0 Å². The molecule has 2 saturated carbocycles. The summed E-state index contributed by atoms with van der Waals surface area (Å²) in [6.07, 6.45) is 12.8. The van der Waals surface area contributed by atoms with Crippen molar-refractivity contribution in [1.29, 1.82) is 0 Å². The normalized spacial score (nSPS) is 27.5. The fourth-order valence-corrected chi connectivity index (χ4v) is 10.1. The molecule has 0 aliphatic heterocycles. The molecule has 11 rings (SSSR count). The van der Waals surface area contributed by atoms with E-state index in [9.17, 15) is 0 Å². The number of nitrogens with zero attached hydrogens (tertiary/aromatic N) is 4. The van der Waals surface area contributed by atoms with Crippen LogP contribution in [0.15, 0.2) is 97.6 Å². The Balaban J connectivity index is 1.00. The molecule has 5 aromatic rings. The quantitative estimate of drug-likeness (QED) is 0.194. The van der Waals surface area contributed by atoms with Gasteiger partial charge in [0.05, 0.1) is 22.8 Å². The second-order valence-corrected chi connectivity index (χ2v) is 15.7. The van der Waals surface area contributed by atoms with Crippen LogP contribution >= 0.6 is 0 Å². The summed E-state index contributed by atoms with van der Waals surface area (Å²) in [7, 11) is 0. The summed E-state index contributed by atoms with van der Waals surface area (Å²) < 4.78 is 0. The number of hydrogen-bond donors (Lipinski definition) is 0. The van der Waals surface area contributed by atoms with Gasteiger partial charge in [0.25, 0.3) is 0 Å². The van der Waals surface area contributed by atoms with E-state index >= 15 is 0 Å². The molecule has 0 N–H and O–H groups in total. The van der Waals surface area contributed by atoms with Crippen LogP contribution in [0.3, 0.4) is 0 Å². The van der Waals surface area contributed by atoms with Crippen LogP contribution in [0, 0.1) is 22.7 Å². The van der Waals surface area contributed by atoms with Crippen LogP contribution in [0.25, 0.3) is 22.8 Å². The van der Waals surface area contributed by atoms with Gasteiger partial charge in [0.2, 0.25) is 0 Å². The molecule has 6 atom stereocenters. The third-order valence-corrected chi connectivity index (χ3v) is 12.9. The van der Waals surface area contributed by atoms with E-state index in [1.54, 1.807) is 0 Å². The molecule has 0 saturated heterocycles. The van der Waals surface area contributed by atoms with E-state index in [0.29, 0.717) is 46.3 Å². The van der Waals surface area contributed by atoms with Crippen molar-refractivity contribution >= 4 is 0 Å². The fraction of sp³-hybridized carbons (Fsp3) is 0.381. The Morgan fingerprint density at radius 2 is 0.957 bits per heavy atom. The van der Waals surface area contributed by atoms with E-state index in [1.165, 1.54) is 46.2 Å². The average molecular weight is 603 g/mol. The number of aromatic nitrogens is 4. The monoisotopic (exact) mass is 602 g/mol. The summed E-state index contributed by atoms with van der Waals surface area (Å²) in [5.41, 5.74) is 13.3. The van der Waals surface area contributed by atoms with Crippen molar-refractivity contribution in [1.82, 2.24) is 19.9 Å². The largest absolute Gasteiger partial charge is 0.255 e. The minimum Gasteiger partial charge on any atom is -0.255 e. The average Bonchev–Trinajstić information content (AvgIpc) is 3.09. The number of rotatable bonds is 6. The number of benzene rings is 1. The highest BCUT2D eigenvalue weighted by Crippen LogP contribution is 2.68. The summed E-state index contributed by atoms with van der Waals surface area (Å²) in [6.45, 7) is 9.89. The Morgan fingerprint density at radius 1 is 0.522 bits per heavy atom. The Morgan fingerprint density at radius 3 is 1.33 bits per heavy atom. The lowest BCUT2D eigenvalue weighted by Gasteiger charge is -2.60. The first-order chi connectivity index (χ1) is 22.3. The van der Waals surface area contributed by atoms with Crippen LogP contribution in [0.1, 0.15) is 97.6 Å². The van der Waals surface area contributed by atoms with E-state index in [-0.39, 0.29) is 0 Å². The third kappa shape index (κ3) is 4.18. The molecule has 0 spiro atoms. The van der Waals surface area contributed by atoms with Crippen LogP contribution < -0.4 is 0 Å². The van der Waals surface area contributed by atoms with Gasteiger partial charge in [-0.3, -0.25) is 19.9 Å². The molecule has 230 valence electrons. The number of pyridine rings is 4.